The Morgan fingerprint density at radius 1 is 1.11 bits per heavy atom. The van der Waals surface area contributed by atoms with E-state index in [0.717, 1.165) is 5.56 Å². The Hall–Kier alpha value is -1.45. The fourth-order valence-corrected chi connectivity index (χ4v) is 2.25. The Morgan fingerprint density at radius 3 is 2.47 bits per heavy atom. The molecular formula is C15H14ClF2N. The zero-order valence-electron chi connectivity index (χ0n) is 10.5. The molecule has 1 atom stereocenters. The predicted octanol–water partition coefficient (Wildman–Crippen LogP) is 4.17. The van der Waals surface area contributed by atoms with Crippen LogP contribution in [-0.2, 0) is 6.42 Å². The van der Waals surface area contributed by atoms with Gasteiger partial charge in [-0.25, -0.2) is 8.78 Å². The summed E-state index contributed by atoms with van der Waals surface area (Å²) in [5, 5.41) is 0.464. The number of hydrogen-bond donors (Lipinski definition) is 1. The largest absolute Gasteiger partial charge is 0.324 e. The van der Waals surface area contributed by atoms with Crippen molar-refractivity contribution in [3.63, 3.8) is 0 Å². The van der Waals surface area contributed by atoms with Crippen molar-refractivity contribution in [3.05, 3.63) is 69.7 Å². The van der Waals surface area contributed by atoms with Crippen molar-refractivity contribution in [2.45, 2.75) is 19.4 Å². The number of halogens is 3. The molecule has 19 heavy (non-hydrogen) atoms. The molecule has 2 N–H and O–H groups in total. The van der Waals surface area contributed by atoms with Gasteiger partial charge in [0.15, 0.2) is 0 Å². The van der Waals surface area contributed by atoms with Crippen LogP contribution in [0.15, 0.2) is 36.4 Å². The fourth-order valence-electron chi connectivity index (χ4n) is 2.06. The number of hydrogen-bond acceptors (Lipinski definition) is 1. The third kappa shape index (κ3) is 3.31. The Kier molecular flexibility index (Phi) is 4.17. The average Bonchev–Trinajstić information content (AvgIpc) is 2.36. The van der Waals surface area contributed by atoms with Crippen molar-refractivity contribution in [2.75, 3.05) is 0 Å². The number of aryl methyl sites for hydroxylation is 1. The Bertz CT molecular complexity index is 599. The van der Waals surface area contributed by atoms with E-state index >= 15 is 0 Å². The molecule has 0 saturated heterocycles. The first-order valence-corrected chi connectivity index (χ1v) is 6.30. The molecule has 100 valence electrons. The van der Waals surface area contributed by atoms with E-state index in [1.165, 1.54) is 30.3 Å². The van der Waals surface area contributed by atoms with E-state index in [1.54, 1.807) is 6.07 Å². The molecule has 0 heterocycles. The second-order valence-electron chi connectivity index (χ2n) is 4.55. The minimum Gasteiger partial charge on any atom is -0.324 e. The number of benzene rings is 2. The van der Waals surface area contributed by atoms with Gasteiger partial charge >= 0.3 is 0 Å². The summed E-state index contributed by atoms with van der Waals surface area (Å²) in [5.41, 5.74) is 8.30. The van der Waals surface area contributed by atoms with E-state index in [1.807, 2.05) is 6.92 Å². The molecule has 0 aromatic heterocycles. The SMILES string of the molecule is Cc1ccc(F)cc1C(N)Cc1cc(F)ccc1Cl. The van der Waals surface area contributed by atoms with Gasteiger partial charge in [0.05, 0.1) is 0 Å². The fraction of sp³-hybridized carbons (Fsp3) is 0.200. The minimum atomic E-state index is -0.421. The molecule has 1 unspecified atom stereocenters. The molecule has 2 aromatic rings. The Morgan fingerprint density at radius 2 is 1.74 bits per heavy atom. The van der Waals surface area contributed by atoms with E-state index in [9.17, 15) is 8.78 Å². The van der Waals surface area contributed by atoms with Crippen molar-refractivity contribution in [1.29, 1.82) is 0 Å². The summed E-state index contributed by atoms with van der Waals surface area (Å²) in [6.07, 6.45) is 0.362. The Balaban J connectivity index is 2.27. The van der Waals surface area contributed by atoms with Crippen molar-refractivity contribution in [2.24, 2.45) is 5.73 Å². The quantitative estimate of drug-likeness (QED) is 0.898. The smallest absolute Gasteiger partial charge is 0.123 e. The van der Waals surface area contributed by atoms with Crippen LogP contribution in [-0.4, -0.2) is 0 Å². The summed E-state index contributed by atoms with van der Waals surface area (Å²) in [6, 6.07) is 8.21. The molecule has 0 aliphatic carbocycles. The summed E-state index contributed by atoms with van der Waals surface area (Å²) in [7, 11) is 0. The van der Waals surface area contributed by atoms with Gasteiger partial charge in [-0.3, -0.25) is 0 Å². The van der Waals surface area contributed by atoms with E-state index in [2.05, 4.69) is 0 Å². The van der Waals surface area contributed by atoms with Crippen LogP contribution >= 0.6 is 11.6 Å². The van der Waals surface area contributed by atoms with Gasteiger partial charge in [-0.15, -0.1) is 0 Å². The number of nitrogens with two attached hydrogens (primary N) is 1. The minimum absolute atomic E-state index is 0.332. The molecule has 0 radical (unpaired) electrons. The first-order valence-electron chi connectivity index (χ1n) is 5.93. The lowest BCUT2D eigenvalue weighted by molar-refractivity contribution is 0.612. The van der Waals surface area contributed by atoms with E-state index in [4.69, 9.17) is 17.3 Å². The molecule has 2 rings (SSSR count). The van der Waals surface area contributed by atoms with Crippen molar-refractivity contribution < 1.29 is 8.78 Å². The average molecular weight is 282 g/mol. The van der Waals surface area contributed by atoms with Gasteiger partial charge in [0.25, 0.3) is 0 Å². The van der Waals surface area contributed by atoms with E-state index < -0.39 is 6.04 Å². The maximum atomic E-state index is 13.2. The van der Waals surface area contributed by atoms with Gasteiger partial charge < -0.3 is 5.73 Å². The summed E-state index contributed by atoms with van der Waals surface area (Å²) in [6.45, 7) is 1.86. The molecule has 0 amide bonds. The summed E-state index contributed by atoms with van der Waals surface area (Å²) in [5.74, 6) is -0.691. The predicted molar refractivity (Wildman–Crippen MR) is 73.2 cm³/mol. The number of rotatable bonds is 3. The van der Waals surface area contributed by atoms with Gasteiger partial charge in [-0.05, 0) is 60.4 Å². The summed E-state index contributed by atoms with van der Waals surface area (Å²) >= 11 is 6.00. The zero-order valence-corrected chi connectivity index (χ0v) is 11.2. The van der Waals surface area contributed by atoms with Crippen LogP contribution in [0.2, 0.25) is 5.02 Å². The molecular weight excluding hydrogens is 268 g/mol. The molecule has 0 bridgehead atoms. The molecule has 0 fully saturated rings. The normalized spacial score (nSPS) is 12.5. The van der Waals surface area contributed by atoms with Crippen LogP contribution in [0, 0.1) is 18.6 Å². The highest BCUT2D eigenvalue weighted by Gasteiger charge is 2.13. The molecule has 0 aliphatic heterocycles. The Labute approximate surface area is 116 Å². The van der Waals surface area contributed by atoms with Crippen molar-refractivity contribution in [3.8, 4) is 0 Å². The van der Waals surface area contributed by atoms with Crippen LogP contribution in [0.4, 0.5) is 8.78 Å². The molecule has 0 saturated carbocycles. The highest BCUT2D eigenvalue weighted by atomic mass is 35.5. The van der Waals surface area contributed by atoms with E-state index in [0.29, 0.717) is 22.6 Å². The first kappa shape index (κ1) is 14.0. The maximum Gasteiger partial charge on any atom is 0.123 e. The van der Waals surface area contributed by atoms with Gasteiger partial charge in [-0.1, -0.05) is 17.7 Å². The monoisotopic (exact) mass is 281 g/mol. The second-order valence-corrected chi connectivity index (χ2v) is 4.95. The van der Waals surface area contributed by atoms with Crippen molar-refractivity contribution >= 4 is 11.6 Å². The topological polar surface area (TPSA) is 26.0 Å². The molecule has 0 aliphatic rings. The highest BCUT2D eigenvalue weighted by Crippen LogP contribution is 2.25. The lowest BCUT2D eigenvalue weighted by Crippen LogP contribution is -2.15. The van der Waals surface area contributed by atoms with E-state index in [-0.39, 0.29) is 11.6 Å². The van der Waals surface area contributed by atoms with Crippen LogP contribution < -0.4 is 5.73 Å². The first-order chi connectivity index (χ1) is 8.97. The van der Waals surface area contributed by atoms with Crippen LogP contribution in [0.1, 0.15) is 22.7 Å². The molecule has 4 heteroatoms. The van der Waals surface area contributed by atoms with Crippen LogP contribution in [0.3, 0.4) is 0 Å². The molecule has 2 aromatic carbocycles. The van der Waals surface area contributed by atoms with Crippen LogP contribution in [0.25, 0.3) is 0 Å². The van der Waals surface area contributed by atoms with Crippen molar-refractivity contribution in [1.82, 2.24) is 0 Å². The molecule has 0 spiro atoms. The third-order valence-corrected chi connectivity index (χ3v) is 3.46. The zero-order chi connectivity index (χ0) is 14.0. The summed E-state index contributed by atoms with van der Waals surface area (Å²) < 4.78 is 26.4. The standard InChI is InChI=1S/C15H14ClF2N/c1-9-2-3-12(18)8-13(9)15(19)7-10-6-11(17)4-5-14(10)16/h2-6,8,15H,7,19H2,1H3. The maximum absolute atomic E-state index is 13.2. The lowest BCUT2D eigenvalue weighted by atomic mass is 9.96. The van der Waals surface area contributed by atoms with Crippen LogP contribution in [0.5, 0.6) is 0 Å². The van der Waals surface area contributed by atoms with Gasteiger partial charge in [-0.2, -0.15) is 0 Å². The molecule has 1 nitrogen and oxygen atoms in total. The lowest BCUT2D eigenvalue weighted by Gasteiger charge is -2.16. The summed E-state index contributed by atoms with van der Waals surface area (Å²) in [4.78, 5) is 0. The van der Waals surface area contributed by atoms with Gasteiger partial charge in [0.2, 0.25) is 0 Å². The highest BCUT2D eigenvalue weighted by molar-refractivity contribution is 6.31. The second kappa shape index (κ2) is 5.68. The van der Waals surface area contributed by atoms with Gasteiger partial charge in [0.1, 0.15) is 11.6 Å². The van der Waals surface area contributed by atoms with Gasteiger partial charge in [0, 0.05) is 11.1 Å². The third-order valence-electron chi connectivity index (χ3n) is 3.09.